The van der Waals surface area contributed by atoms with E-state index >= 15 is 0 Å². The van der Waals surface area contributed by atoms with Crippen molar-refractivity contribution in [1.82, 2.24) is 14.9 Å². The first-order valence-electron chi connectivity index (χ1n) is 10.1. The second-order valence-corrected chi connectivity index (χ2v) is 7.37. The summed E-state index contributed by atoms with van der Waals surface area (Å²) in [6, 6.07) is 8.15. The molecule has 0 unspecified atom stereocenters. The van der Waals surface area contributed by atoms with Crippen LogP contribution in [0.3, 0.4) is 0 Å². The maximum Gasteiger partial charge on any atom is 0.338 e. The van der Waals surface area contributed by atoms with E-state index in [1.807, 2.05) is 0 Å². The zero-order valence-electron chi connectivity index (χ0n) is 16.7. The van der Waals surface area contributed by atoms with Gasteiger partial charge >= 0.3 is 5.97 Å². The molecule has 0 bridgehead atoms. The standard InChI is InChI=1S/C22H23N3O5/c1-14(20(26)23-13-16-6-5-11-29-16)30-22(28)15-8-9-17-18(12-15)24-19-7-3-2-4-10-25(19)21(17)27/h5-6,8-9,11-12,14H,2-4,7,10,13H2,1H3,(H,23,26)/t14-/m1/s1. The average molecular weight is 409 g/mol. The summed E-state index contributed by atoms with van der Waals surface area (Å²) < 4.78 is 12.2. The molecule has 1 aliphatic rings. The lowest BCUT2D eigenvalue weighted by atomic mass is 10.1. The number of ether oxygens (including phenoxy) is 1. The number of furan rings is 1. The Morgan fingerprint density at radius 3 is 2.93 bits per heavy atom. The molecule has 2 aromatic heterocycles. The van der Waals surface area contributed by atoms with Gasteiger partial charge in [-0.3, -0.25) is 14.2 Å². The Hall–Kier alpha value is -3.42. The number of aryl methyl sites for hydroxylation is 1. The minimum atomic E-state index is -0.978. The molecule has 1 aliphatic heterocycles. The maximum atomic E-state index is 12.8. The van der Waals surface area contributed by atoms with Crippen molar-refractivity contribution >= 4 is 22.8 Å². The highest BCUT2D eigenvalue weighted by Crippen LogP contribution is 2.17. The van der Waals surface area contributed by atoms with Crippen molar-refractivity contribution in [2.45, 2.75) is 51.8 Å². The third-order valence-electron chi connectivity index (χ3n) is 5.22. The molecule has 0 fully saturated rings. The van der Waals surface area contributed by atoms with E-state index in [2.05, 4.69) is 10.3 Å². The van der Waals surface area contributed by atoms with Gasteiger partial charge in [0.05, 0.1) is 29.3 Å². The first-order valence-corrected chi connectivity index (χ1v) is 10.1. The monoisotopic (exact) mass is 409 g/mol. The zero-order valence-corrected chi connectivity index (χ0v) is 16.7. The molecule has 156 valence electrons. The molecule has 1 atom stereocenters. The van der Waals surface area contributed by atoms with Gasteiger partial charge in [0.15, 0.2) is 6.10 Å². The molecule has 8 heteroatoms. The summed E-state index contributed by atoms with van der Waals surface area (Å²) in [4.78, 5) is 42.1. The Labute approximate surface area is 172 Å². The number of benzene rings is 1. The minimum Gasteiger partial charge on any atom is -0.467 e. The van der Waals surface area contributed by atoms with Gasteiger partial charge in [-0.1, -0.05) is 6.42 Å². The summed E-state index contributed by atoms with van der Waals surface area (Å²) in [5, 5.41) is 3.13. The van der Waals surface area contributed by atoms with Crippen LogP contribution in [0.4, 0.5) is 0 Å². The fourth-order valence-electron chi connectivity index (χ4n) is 3.56. The van der Waals surface area contributed by atoms with Gasteiger partial charge in [-0.25, -0.2) is 9.78 Å². The van der Waals surface area contributed by atoms with E-state index in [0.29, 0.717) is 23.2 Å². The molecule has 1 amide bonds. The second kappa shape index (κ2) is 8.52. The molecule has 8 nitrogen and oxygen atoms in total. The number of esters is 1. The van der Waals surface area contributed by atoms with Gasteiger partial charge in [0.2, 0.25) is 0 Å². The Morgan fingerprint density at radius 1 is 1.27 bits per heavy atom. The molecule has 0 radical (unpaired) electrons. The average Bonchev–Trinajstić information content (AvgIpc) is 3.15. The van der Waals surface area contributed by atoms with Crippen molar-refractivity contribution in [2.75, 3.05) is 0 Å². The molecule has 3 heterocycles. The summed E-state index contributed by atoms with van der Waals surface area (Å²) in [6.07, 6.45) is 4.30. The lowest BCUT2D eigenvalue weighted by Crippen LogP contribution is -2.35. The van der Waals surface area contributed by atoms with Gasteiger partial charge in [-0.15, -0.1) is 0 Å². The SMILES string of the molecule is C[C@@H](OC(=O)c1ccc2c(=O)n3c(nc2c1)CCCCC3)C(=O)NCc1ccco1. The molecule has 0 saturated heterocycles. The summed E-state index contributed by atoms with van der Waals surface area (Å²) in [6.45, 7) is 2.38. The molecular weight excluding hydrogens is 386 g/mol. The van der Waals surface area contributed by atoms with Crippen molar-refractivity contribution in [3.8, 4) is 0 Å². The quantitative estimate of drug-likeness (QED) is 0.650. The summed E-state index contributed by atoms with van der Waals surface area (Å²) in [7, 11) is 0. The normalized spacial score (nSPS) is 14.6. The number of rotatable bonds is 5. The molecule has 30 heavy (non-hydrogen) atoms. The van der Waals surface area contributed by atoms with E-state index in [9.17, 15) is 14.4 Å². The highest BCUT2D eigenvalue weighted by atomic mass is 16.5. The Bertz CT molecular complexity index is 1130. The van der Waals surface area contributed by atoms with Gasteiger partial charge in [-0.05, 0) is 50.1 Å². The molecule has 3 aromatic rings. The smallest absolute Gasteiger partial charge is 0.338 e. The highest BCUT2D eigenvalue weighted by Gasteiger charge is 2.20. The summed E-state index contributed by atoms with van der Waals surface area (Å²) in [5.74, 6) is 0.283. The zero-order chi connectivity index (χ0) is 21.1. The Kier molecular flexibility index (Phi) is 5.65. The lowest BCUT2D eigenvalue weighted by molar-refractivity contribution is -0.129. The number of carbonyl (C=O) groups is 2. The lowest BCUT2D eigenvalue weighted by Gasteiger charge is -2.14. The van der Waals surface area contributed by atoms with E-state index in [4.69, 9.17) is 9.15 Å². The third kappa shape index (κ3) is 4.12. The van der Waals surface area contributed by atoms with Crippen LogP contribution in [-0.2, 0) is 29.0 Å². The van der Waals surface area contributed by atoms with E-state index in [-0.39, 0.29) is 17.7 Å². The van der Waals surface area contributed by atoms with E-state index in [1.54, 1.807) is 28.8 Å². The largest absolute Gasteiger partial charge is 0.467 e. The first-order chi connectivity index (χ1) is 14.5. The summed E-state index contributed by atoms with van der Waals surface area (Å²) in [5.41, 5.74) is 0.638. The number of nitrogens with zero attached hydrogens (tertiary/aromatic N) is 2. The van der Waals surface area contributed by atoms with Crippen molar-refractivity contribution in [2.24, 2.45) is 0 Å². The van der Waals surface area contributed by atoms with Crippen LogP contribution in [0.2, 0.25) is 0 Å². The van der Waals surface area contributed by atoms with Crippen LogP contribution in [0.25, 0.3) is 10.9 Å². The number of aromatic nitrogens is 2. The number of hydrogen-bond donors (Lipinski definition) is 1. The second-order valence-electron chi connectivity index (χ2n) is 7.37. The predicted molar refractivity (Wildman–Crippen MR) is 109 cm³/mol. The number of fused-ring (bicyclic) bond motifs is 2. The van der Waals surface area contributed by atoms with E-state index in [0.717, 1.165) is 31.5 Å². The van der Waals surface area contributed by atoms with Gasteiger partial charge in [0.25, 0.3) is 11.5 Å². The van der Waals surface area contributed by atoms with Crippen molar-refractivity contribution in [3.63, 3.8) is 0 Å². The molecule has 0 aliphatic carbocycles. The minimum absolute atomic E-state index is 0.0810. The predicted octanol–water partition coefficient (Wildman–Crippen LogP) is 2.58. The number of nitrogens with one attached hydrogen (secondary N) is 1. The first kappa shape index (κ1) is 19.9. The van der Waals surface area contributed by atoms with Gasteiger partial charge < -0.3 is 14.5 Å². The molecular formula is C22H23N3O5. The number of hydrogen-bond acceptors (Lipinski definition) is 6. The molecule has 1 aromatic carbocycles. The number of carbonyl (C=O) groups excluding carboxylic acids is 2. The van der Waals surface area contributed by atoms with Crippen LogP contribution < -0.4 is 10.9 Å². The van der Waals surface area contributed by atoms with Crippen molar-refractivity contribution < 1.29 is 18.7 Å². The Morgan fingerprint density at radius 2 is 2.13 bits per heavy atom. The third-order valence-corrected chi connectivity index (χ3v) is 5.22. The molecule has 4 rings (SSSR count). The Balaban J connectivity index is 1.49. The van der Waals surface area contributed by atoms with Crippen LogP contribution >= 0.6 is 0 Å². The van der Waals surface area contributed by atoms with E-state index in [1.165, 1.54) is 19.3 Å². The summed E-state index contributed by atoms with van der Waals surface area (Å²) >= 11 is 0. The maximum absolute atomic E-state index is 12.8. The fraction of sp³-hybridized carbons (Fsp3) is 0.364. The van der Waals surface area contributed by atoms with Gasteiger partial charge in [0, 0.05) is 13.0 Å². The van der Waals surface area contributed by atoms with E-state index < -0.39 is 18.0 Å². The molecule has 0 spiro atoms. The number of amides is 1. The fourth-order valence-corrected chi connectivity index (χ4v) is 3.56. The topological polar surface area (TPSA) is 103 Å². The van der Waals surface area contributed by atoms with Crippen LogP contribution in [-0.4, -0.2) is 27.5 Å². The molecule has 0 saturated carbocycles. The van der Waals surface area contributed by atoms with Crippen LogP contribution in [0.15, 0.2) is 45.8 Å². The van der Waals surface area contributed by atoms with Gasteiger partial charge in [-0.2, -0.15) is 0 Å². The highest BCUT2D eigenvalue weighted by molar-refractivity contribution is 5.95. The molecule has 1 N–H and O–H groups in total. The van der Waals surface area contributed by atoms with Crippen LogP contribution in [0.5, 0.6) is 0 Å². The van der Waals surface area contributed by atoms with Crippen LogP contribution in [0.1, 0.15) is 48.1 Å². The van der Waals surface area contributed by atoms with Crippen molar-refractivity contribution in [3.05, 3.63) is 64.1 Å². The van der Waals surface area contributed by atoms with Crippen molar-refractivity contribution in [1.29, 1.82) is 0 Å². The van der Waals surface area contributed by atoms with Crippen LogP contribution in [0, 0.1) is 0 Å². The van der Waals surface area contributed by atoms with Gasteiger partial charge in [0.1, 0.15) is 11.6 Å².